The summed E-state index contributed by atoms with van der Waals surface area (Å²) in [5.74, 6) is 1.18. The first-order chi connectivity index (χ1) is 15.7. The lowest BCUT2D eigenvalue weighted by molar-refractivity contribution is -0.134. The van der Waals surface area contributed by atoms with E-state index in [1.807, 2.05) is 51.9 Å². The van der Waals surface area contributed by atoms with Crippen molar-refractivity contribution >= 4 is 17.3 Å². The van der Waals surface area contributed by atoms with E-state index < -0.39 is 0 Å². The van der Waals surface area contributed by atoms with Gasteiger partial charge in [-0.3, -0.25) is 14.0 Å². The van der Waals surface area contributed by atoms with Crippen molar-refractivity contribution in [3.05, 3.63) is 95.9 Å². The van der Waals surface area contributed by atoms with E-state index in [-0.39, 0.29) is 24.3 Å². The number of carbonyl (C=O) groups excluding carboxylic acids is 2. The van der Waals surface area contributed by atoms with Gasteiger partial charge in [-0.15, -0.1) is 10.2 Å². The molecule has 2 aromatic carbocycles. The molecule has 0 unspecified atom stereocenters. The van der Waals surface area contributed by atoms with Crippen LogP contribution in [0.15, 0.2) is 79.0 Å². The predicted molar refractivity (Wildman–Crippen MR) is 118 cm³/mol. The Hall–Kier alpha value is -4.00. The highest BCUT2D eigenvalue weighted by molar-refractivity contribution is 6.08. The van der Waals surface area contributed by atoms with Gasteiger partial charge in [-0.25, -0.2) is 0 Å². The molecule has 0 N–H and O–H groups in total. The number of nitrogens with zero attached hydrogens (tertiary/aromatic N) is 4. The number of pyridine rings is 1. The fourth-order valence-corrected chi connectivity index (χ4v) is 4.11. The van der Waals surface area contributed by atoms with E-state index in [0.29, 0.717) is 23.4 Å². The quantitative estimate of drug-likeness (QED) is 0.440. The Kier molecular flexibility index (Phi) is 5.37. The standard InChI is InChI=1S/C25H22N4O3/c30-23(28-16-6-9-21(28)25-27-26-22-10-4-5-15-29(22)25)17-32-20-13-11-19(12-14-20)24(31)18-7-2-1-3-8-18/h1-5,7-8,10-15,21H,6,9,16-17H2/t21-/m0/s1. The molecule has 5 rings (SSSR count). The Labute approximate surface area is 185 Å². The van der Waals surface area contributed by atoms with Crippen LogP contribution in [0.5, 0.6) is 5.75 Å². The molecular weight excluding hydrogens is 404 g/mol. The van der Waals surface area contributed by atoms with Crippen LogP contribution in [0.4, 0.5) is 0 Å². The smallest absolute Gasteiger partial charge is 0.261 e. The average Bonchev–Trinajstić information content (AvgIpc) is 3.50. The third kappa shape index (κ3) is 3.85. The van der Waals surface area contributed by atoms with Crippen LogP contribution < -0.4 is 4.74 Å². The number of carbonyl (C=O) groups is 2. The summed E-state index contributed by atoms with van der Waals surface area (Å²) in [7, 11) is 0. The number of amides is 1. The zero-order valence-corrected chi connectivity index (χ0v) is 17.4. The molecule has 0 spiro atoms. The fourth-order valence-electron chi connectivity index (χ4n) is 4.11. The molecule has 0 bridgehead atoms. The van der Waals surface area contributed by atoms with Gasteiger partial charge in [-0.05, 0) is 49.2 Å². The van der Waals surface area contributed by atoms with E-state index in [1.165, 1.54) is 0 Å². The summed E-state index contributed by atoms with van der Waals surface area (Å²) in [5, 5.41) is 8.54. The van der Waals surface area contributed by atoms with Gasteiger partial charge in [0.05, 0.1) is 6.04 Å². The molecule has 0 radical (unpaired) electrons. The minimum Gasteiger partial charge on any atom is -0.484 e. The van der Waals surface area contributed by atoms with Crippen LogP contribution in [0, 0.1) is 0 Å². The SMILES string of the molecule is O=C(c1ccccc1)c1ccc(OCC(=O)N2CCC[C@H]2c2nnc3ccccn23)cc1. The summed E-state index contributed by atoms with van der Waals surface area (Å²) in [6.45, 7) is 0.596. The molecule has 1 saturated heterocycles. The molecule has 160 valence electrons. The molecule has 3 heterocycles. The van der Waals surface area contributed by atoms with E-state index in [0.717, 1.165) is 24.3 Å². The largest absolute Gasteiger partial charge is 0.484 e. The van der Waals surface area contributed by atoms with Gasteiger partial charge in [0.2, 0.25) is 0 Å². The first-order valence-electron chi connectivity index (χ1n) is 10.6. The van der Waals surface area contributed by atoms with Crippen molar-refractivity contribution < 1.29 is 14.3 Å². The molecule has 0 saturated carbocycles. The molecule has 0 aliphatic carbocycles. The van der Waals surface area contributed by atoms with Crippen molar-refractivity contribution in [1.82, 2.24) is 19.5 Å². The minimum atomic E-state index is -0.116. The molecular formula is C25H22N4O3. The maximum absolute atomic E-state index is 12.9. The highest BCUT2D eigenvalue weighted by Gasteiger charge is 2.33. The molecule has 32 heavy (non-hydrogen) atoms. The predicted octanol–water partition coefficient (Wildman–Crippen LogP) is 3.70. The van der Waals surface area contributed by atoms with Gasteiger partial charge in [0.15, 0.2) is 23.9 Å². The van der Waals surface area contributed by atoms with Crippen LogP contribution in [0.2, 0.25) is 0 Å². The van der Waals surface area contributed by atoms with Gasteiger partial charge >= 0.3 is 0 Å². The third-order valence-electron chi connectivity index (χ3n) is 5.73. The molecule has 2 aromatic heterocycles. The molecule has 1 amide bonds. The molecule has 1 fully saturated rings. The second-order valence-corrected chi connectivity index (χ2v) is 7.74. The van der Waals surface area contributed by atoms with Gasteiger partial charge in [-0.1, -0.05) is 36.4 Å². The summed E-state index contributed by atoms with van der Waals surface area (Å²) in [4.78, 5) is 27.3. The van der Waals surface area contributed by atoms with E-state index in [4.69, 9.17) is 4.74 Å². The van der Waals surface area contributed by atoms with Crippen molar-refractivity contribution in [3.8, 4) is 5.75 Å². The summed E-state index contributed by atoms with van der Waals surface area (Å²) >= 11 is 0. The van der Waals surface area contributed by atoms with Gasteiger partial charge in [0.25, 0.3) is 5.91 Å². The van der Waals surface area contributed by atoms with Crippen LogP contribution in [-0.2, 0) is 4.79 Å². The van der Waals surface area contributed by atoms with Crippen molar-refractivity contribution in [1.29, 1.82) is 0 Å². The van der Waals surface area contributed by atoms with Crippen molar-refractivity contribution in [2.24, 2.45) is 0 Å². The Balaban J connectivity index is 1.24. The number of hydrogen-bond acceptors (Lipinski definition) is 5. The van der Waals surface area contributed by atoms with Crippen LogP contribution in [0.3, 0.4) is 0 Å². The van der Waals surface area contributed by atoms with Crippen molar-refractivity contribution in [3.63, 3.8) is 0 Å². The zero-order chi connectivity index (χ0) is 21.9. The Bertz CT molecular complexity index is 1250. The minimum absolute atomic E-state index is 0.0475. The number of ketones is 1. The van der Waals surface area contributed by atoms with Gasteiger partial charge < -0.3 is 9.64 Å². The van der Waals surface area contributed by atoms with E-state index in [9.17, 15) is 9.59 Å². The van der Waals surface area contributed by atoms with Crippen LogP contribution >= 0.6 is 0 Å². The summed E-state index contributed by atoms with van der Waals surface area (Å²) < 4.78 is 7.66. The highest BCUT2D eigenvalue weighted by atomic mass is 16.5. The monoisotopic (exact) mass is 426 g/mol. The first-order valence-corrected chi connectivity index (χ1v) is 10.6. The summed E-state index contributed by atoms with van der Waals surface area (Å²) in [5.41, 5.74) is 1.98. The maximum atomic E-state index is 12.9. The Morgan fingerprint density at radius 2 is 1.66 bits per heavy atom. The van der Waals surface area contributed by atoms with Gasteiger partial charge in [-0.2, -0.15) is 0 Å². The number of ether oxygens (including phenoxy) is 1. The van der Waals surface area contributed by atoms with E-state index >= 15 is 0 Å². The van der Waals surface area contributed by atoms with Crippen molar-refractivity contribution in [2.45, 2.75) is 18.9 Å². The first kappa shape index (κ1) is 19.9. The number of fused-ring (bicyclic) bond motifs is 1. The summed E-state index contributed by atoms with van der Waals surface area (Å²) in [6.07, 6.45) is 3.67. The van der Waals surface area contributed by atoms with E-state index in [1.54, 1.807) is 36.4 Å². The lowest BCUT2D eigenvalue weighted by atomic mass is 10.0. The molecule has 4 aromatic rings. The fraction of sp³-hybridized carbons (Fsp3) is 0.200. The number of rotatable bonds is 6. The van der Waals surface area contributed by atoms with E-state index in [2.05, 4.69) is 10.2 Å². The summed E-state index contributed by atoms with van der Waals surface area (Å²) in [6, 6.07) is 21.6. The van der Waals surface area contributed by atoms with Crippen LogP contribution in [0.1, 0.15) is 40.6 Å². The molecule has 7 nitrogen and oxygen atoms in total. The third-order valence-corrected chi connectivity index (χ3v) is 5.73. The zero-order valence-electron chi connectivity index (χ0n) is 17.4. The topological polar surface area (TPSA) is 76.8 Å². The average molecular weight is 426 g/mol. The molecule has 1 aliphatic rings. The number of likely N-dealkylation sites (tertiary alicyclic amines) is 1. The van der Waals surface area contributed by atoms with Crippen LogP contribution in [-0.4, -0.2) is 44.3 Å². The maximum Gasteiger partial charge on any atom is 0.261 e. The number of hydrogen-bond donors (Lipinski definition) is 0. The lowest BCUT2D eigenvalue weighted by Crippen LogP contribution is -2.35. The van der Waals surface area contributed by atoms with Crippen molar-refractivity contribution in [2.75, 3.05) is 13.2 Å². The second kappa shape index (κ2) is 8.63. The van der Waals surface area contributed by atoms with Gasteiger partial charge in [0, 0.05) is 23.9 Å². The number of benzene rings is 2. The Morgan fingerprint density at radius 3 is 2.47 bits per heavy atom. The lowest BCUT2D eigenvalue weighted by Gasteiger charge is -2.23. The molecule has 1 atom stereocenters. The van der Waals surface area contributed by atoms with Gasteiger partial charge in [0.1, 0.15) is 5.75 Å². The second-order valence-electron chi connectivity index (χ2n) is 7.74. The normalized spacial score (nSPS) is 15.8. The number of aromatic nitrogens is 3. The molecule has 7 heteroatoms. The Morgan fingerprint density at radius 1 is 0.906 bits per heavy atom. The molecule has 1 aliphatic heterocycles. The van der Waals surface area contributed by atoms with Crippen LogP contribution in [0.25, 0.3) is 5.65 Å². The highest BCUT2D eigenvalue weighted by Crippen LogP contribution is 2.31.